The van der Waals surface area contributed by atoms with Crippen molar-refractivity contribution in [2.75, 3.05) is 11.9 Å². The summed E-state index contributed by atoms with van der Waals surface area (Å²) in [4.78, 5) is 22.0. The molecule has 1 N–H and O–H groups in total. The Kier molecular flexibility index (Phi) is 3.70. The Balaban J connectivity index is 1.85. The van der Waals surface area contributed by atoms with Crippen molar-refractivity contribution in [3.05, 3.63) is 71.0 Å². The third-order valence-corrected chi connectivity index (χ3v) is 4.75. The molecular formula is C20H16ClN3O. The van der Waals surface area contributed by atoms with Gasteiger partial charge < -0.3 is 9.88 Å². The van der Waals surface area contributed by atoms with Crippen LogP contribution < -0.4 is 4.90 Å². The molecular weight excluding hydrogens is 334 g/mol. The van der Waals surface area contributed by atoms with Crippen LogP contribution in [0.4, 0.5) is 5.69 Å². The monoisotopic (exact) mass is 349 g/mol. The molecule has 0 saturated heterocycles. The van der Waals surface area contributed by atoms with Crippen LogP contribution in [-0.2, 0) is 0 Å². The Morgan fingerprint density at radius 3 is 2.68 bits per heavy atom. The number of aryl methyl sites for hydroxylation is 1. The number of fused-ring (bicyclic) bond motifs is 3. The van der Waals surface area contributed by atoms with Gasteiger partial charge in [-0.25, -0.2) is 4.98 Å². The van der Waals surface area contributed by atoms with Crippen molar-refractivity contribution in [1.29, 1.82) is 0 Å². The predicted molar refractivity (Wildman–Crippen MR) is 103 cm³/mol. The fourth-order valence-corrected chi connectivity index (χ4v) is 3.32. The lowest BCUT2D eigenvalue weighted by Gasteiger charge is -2.17. The molecule has 0 aliphatic heterocycles. The van der Waals surface area contributed by atoms with Gasteiger partial charge in [0.2, 0.25) is 0 Å². The minimum Gasteiger partial charge on any atom is -0.354 e. The van der Waals surface area contributed by atoms with Crippen LogP contribution in [0.3, 0.4) is 0 Å². The molecule has 0 radical (unpaired) electrons. The Morgan fingerprint density at radius 1 is 1.16 bits per heavy atom. The number of pyridine rings is 1. The lowest BCUT2D eigenvalue weighted by atomic mass is 10.1. The van der Waals surface area contributed by atoms with Crippen molar-refractivity contribution < 1.29 is 4.79 Å². The van der Waals surface area contributed by atoms with Crippen molar-refractivity contribution in [3.63, 3.8) is 0 Å². The average molecular weight is 350 g/mol. The minimum absolute atomic E-state index is 0.0554. The van der Waals surface area contributed by atoms with Gasteiger partial charge in [-0.3, -0.25) is 4.79 Å². The van der Waals surface area contributed by atoms with Crippen LogP contribution in [0, 0.1) is 6.92 Å². The summed E-state index contributed by atoms with van der Waals surface area (Å²) in [6.45, 7) is 1.99. The molecule has 0 unspecified atom stereocenters. The first-order chi connectivity index (χ1) is 12.1. The van der Waals surface area contributed by atoms with E-state index < -0.39 is 0 Å². The molecule has 0 aliphatic rings. The maximum absolute atomic E-state index is 12.7. The maximum atomic E-state index is 12.7. The lowest BCUT2D eigenvalue weighted by Crippen LogP contribution is -2.26. The topological polar surface area (TPSA) is 49.0 Å². The van der Waals surface area contributed by atoms with Crippen molar-refractivity contribution in [2.45, 2.75) is 6.92 Å². The summed E-state index contributed by atoms with van der Waals surface area (Å²) < 4.78 is 0. The first-order valence-electron chi connectivity index (χ1n) is 7.96. The fourth-order valence-electron chi connectivity index (χ4n) is 3.07. The number of carbonyl (C=O) groups excluding carboxylic acids is 1. The molecule has 2 heterocycles. The van der Waals surface area contributed by atoms with Crippen LogP contribution in [0.2, 0.25) is 5.15 Å². The Hall–Kier alpha value is -2.85. The molecule has 4 aromatic rings. The summed E-state index contributed by atoms with van der Waals surface area (Å²) >= 11 is 6.33. The molecule has 4 rings (SSSR count). The van der Waals surface area contributed by atoms with Gasteiger partial charge in [-0.2, -0.15) is 0 Å². The number of nitrogens with one attached hydrogen (secondary N) is 1. The molecule has 2 aromatic carbocycles. The van der Waals surface area contributed by atoms with Gasteiger partial charge in [-0.15, -0.1) is 0 Å². The number of H-pyrrole nitrogens is 1. The SMILES string of the molecule is Cc1cnc(Cl)c2c1[nH]c1ccc(N(C)C(=O)c3ccccc3)cc12. The quantitative estimate of drug-likeness (QED) is 0.520. The van der Waals surface area contributed by atoms with Crippen molar-refractivity contribution in [3.8, 4) is 0 Å². The molecule has 0 bridgehead atoms. The molecule has 0 aliphatic carbocycles. The van der Waals surface area contributed by atoms with Crippen LogP contribution >= 0.6 is 11.6 Å². The van der Waals surface area contributed by atoms with E-state index in [1.165, 1.54) is 0 Å². The van der Waals surface area contributed by atoms with E-state index >= 15 is 0 Å². The molecule has 1 amide bonds. The highest BCUT2D eigenvalue weighted by atomic mass is 35.5. The van der Waals surface area contributed by atoms with E-state index in [0.29, 0.717) is 10.7 Å². The first kappa shape index (κ1) is 15.7. The van der Waals surface area contributed by atoms with Crippen LogP contribution in [0.5, 0.6) is 0 Å². The highest BCUT2D eigenvalue weighted by molar-refractivity contribution is 6.37. The molecule has 0 saturated carbocycles. The number of benzene rings is 2. The van der Waals surface area contributed by atoms with Crippen molar-refractivity contribution >= 4 is 45.0 Å². The summed E-state index contributed by atoms with van der Waals surface area (Å²) in [6.07, 6.45) is 1.76. The van der Waals surface area contributed by atoms with Gasteiger partial charge in [0.05, 0.1) is 5.52 Å². The zero-order valence-corrected chi connectivity index (χ0v) is 14.6. The Bertz CT molecular complexity index is 1100. The largest absolute Gasteiger partial charge is 0.354 e. The van der Waals surface area contributed by atoms with E-state index in [0.717, 1.165) is 33.1 Å². The van der Waals surface area contributed by atoms with Gasteiger partial charge in [-0.05, 0) is 42.8 Å². The summed E-state index contributed by atoms with van der Waals surface area (Å²) in [5, 5.41) is 2.31. The molecule has 4 nitrogen and oxygen atoms in total. The molecule has 0 spiro atoms. The molecule has 124 valence electrons. The van der Waals surface area contributed by atoms with E-state index in [4.69, 9.17) is 11.6 Å². The highest BCUT2D eigenvalue weighted by Gasteiger charge is 2.16. The van der Waals surface area contributed by atoms with Crippen molar-refractivity contribution in [1.82, 2.24) is 9.97 Å². The number of rotatable bonds is 2. The highest BCUT2D eigenvalue weighted by Crippen LogP contribution is 2.34. The summed E-state index contributed by atoms with van der Waals surface area (Å²) in [6, 6.07) is 15.1. The zero-order chi connectivity index (χ0) is 17.6. The average Bonchev–Trinajstić information content (AvgIpc) is 3.04. The van der Waals surface area contributed by atoms with E-state index in [-0.39, 0.29) is 5.91 Å². The Labute approximate surface area is 150 Å². The normalized spacial score (nSPS) is 11.2. The summed E-state index contributed by atoms with van der Waals surface area (Å²) in [5.74, 6) is -0.0554. The fraction of sp³-hybridized carbons (Fsp3) is 0.100. The number of aromatic amines is 1. The van der Waals surface area contributed by atoms with E-state index in [9.17, 15) is 4.79 Å². The van der Waals surface area contributed by atoms with Gasteiger partial charge in [0.15, 0.2) is 0 Å². The van der Waals surface area contributed by atoms with Crippen LogP contribution in [-0.4, -0.2) is 22.9 Å². The van der Waals surface area contributed by atoms with Crippen LogP contribution in [0.25, 0.3) is 21.8 Å². The molecule has 5 heteroatoms. The third kappa shape index (κ3) is 2.55. The molecule has 0 fully saturated rings. The maximum Gasteiger partial charge on any atom is 0.258 e. The molecule has 0 atom stereocenters. The lowest BCUT2D eigenvalue weighted by molar-refractivity contribution is 0.0993. The number of amides is 1. The number of nitrogens with zero attached hydrogens (tertiary/aromatic N) is 2. The van der Waals surface area contributed by atoms with Gasteiger partial charge >= 0.3 is 0 Å². The number of hydrogen-bond acceptors (Lipinski definition) is 2. The summed E-state index contributed by atoms with van der Waals surface area (Å²) in [7, 11) is 1.77. The summed E-state index contributed by atoms with van der Waals surface area (Å²) in [5.41, 5.74) is 4.44. The van der Waals surface area contributed by atoms with E-state index in [1.807, 2.05) is 55.5 Å². The number of aromatic nitrogens is 2. The number of anilines is 1. The Morgan fingerprint density at radius 2 is 1.92 bits per heavy atom. The van der Waals surface area contributed by atoms with Gasteiger partial charge in [0.1, 0.15) is 5.15 Å². The predicted octanol–water partition coefficient (Wildman–Crippen LogP) is 4.95. The van der Waals surface area contributed by atoms with Gasteiger partial charge in [0, 0.05) is 40.8 Å². The third-order valence-electron chi connectivity index (χ3n) is 4.47. The first-order valence-corrected chi connectivity index (χ1v) is 8.33. The number of hydrogen-bond donors (Lipinski definition) is 1. The second-order valence-corrected chi connectivity index (χ2v) is 6.43. The van der Waals surface area contributed by atoms with E-state index in [2.05, 4.69) is 9.97 Å². The second-order valence-electron chi connectivity index (χ2n) is 6.07. The van der Waals surface area contributed by atoms with Gasteiger partial charge in [-0.1, -0.05) is 29.8 Å². The minimum atomic E-state index is -0.0554. The number of carbonyl (C=O) groups is 1. The van der Waals surface area contributed by atoms with E-state index in [1.54, 1.807) is 18.1 Å². The van der Waals surface area contributed by atoms with Crippen LogP contribution in [0.1, 0.15) is 15.9 Å². The smallest absolute Gasteiger partial charge is 0.258 e. The van der Waals surface area contributed by atoms with Crippen LogP contribution in [0.15, 0.2) is 54.7 Å². The molecule has 25 heavy (non-hydrogen) atoms. The number of halogens is 1. The van der Waals surface area contributed by atoms with Crippen molar-refractivity contribution in [2.24, 2.45) is 0 Å². The molecule has 2 aromatic heterocycles. The second kappa shape index (κ2) is 5.90. The van der Waals surface area contributed by atoms with Gasteiger partial charge in [0.25, 0.3) is 5.91 Å². The standard InChI is InChI=1S/C20H16ClN3O/c1-12-11-22-19(21)17-15-10-14(8-9-16(15)23-18(12)17)24(2)20(25)13-6-4-3-5-7-13/h3-11,23H,1-2H3. The zero-order valence-electron chi connectivity index (χ0n) is 13.9.